The molecule has 0 aromatic heterocycles. The van der Waals surface area contributed by atoms with E-state index in [1.807, 2.05) is 0 Å². The lowest BCUT2D eigenvalue weighted by atomic mass is 9.64. The summed E-state index contributed by atoms with van der Waals surface area (Å²) in [5, 5.41) is 9.75. The van der Waals surface area contributed by atoms with Crippen molar-refractivity contribution in [2.45, 2.75) is 58.3 Å². The first-order valence-electron chi connectivity index (χ1n) is 6.44. The van der Waals surface area contributed by atoms with Crippen LogP contribution in [0, 0.1) is 17.3 Å². The van der Waals surface area contributed by atoms with Crippen molar-refractivity contribution in [3.63, 3.8) is 0 Å². The van der Waals surface area contributed by atoms with Gasteiger partial charge in [-0.15, -0.1) is 0 Å². The molecule has 2 fully saturated rings. The summed E-state index contributed by atoms with van der Waals surface area (Å²) in [7, 11) is 0. The molecule has 1 heteroatoms. The molecule has 2 aliphatic rings. The SMILES string of the molecule is CCCC1CCC2CCCCC12CO. The molecule has 0 aromatic carbocycles. The predicted octanol–water partition coefficient (Wildman–Crippen LogP) is 3.37. The Morgan fingerprint density at radius 1 is 1.21 bits per heavy atom. The van der Waals surface area contributed by atoms with Crippen molar-refractivity contribution < 1.29 is 5.11 Å². The molecule has 1 N–H and O–H groups in total. The molecule has 2 saturated carbocycles. The van der Waals surface area contributed by atoms with Gasteiger partial charge in [0.05, 0.1) is 0 Å². The fourth-order valence-corrected chi connectivity index (χ4v) is 4.11. The molecule has 3 unspecified atom stereocenters. The van der Waals surface area contributed by atoms with Crippen molar-refractivity contribution in [2.24, 2.45) is 17.3 Å². The van der Waals surface area contributed by atoms with E-state index in [4.69, 9.17) is 0 Å². The van der Waals surface area contributed by atoms with E-state index in [0.717, 1.165) is 11.8 Å². The quantitative estimate of drug-likeness (QED) is 0.734. The average Bonchev–Trinajstić information content (AvgIpc) is 2.59. The monoisotopic (exact) mass is 196 g/mol. The van der Waals surface area contributed by atoms with E-state index in [0.29, 0.717) is 12.0 Å². The van der Waals surface area contributed by atoms with Gasteiger partial charge in [0.1, 0.15) is 0 Å². The lowest BCUT2D eigenvalue weighted by molar-refractivity contribution is 0.00600. The van der Waals surface area contributed by atoms with Crippen LogP contribution in [0.3, 0.4) is 0 Å². The standard InChI is InChI=1S/C13H24O/c1-2-5-11-7-8-12-6-3-4-9-13(11,12)10-14/h11-12,14H,2-10H2,1H3. The number of hydrogen-bond donors (Lipinski definition) is 1. The van der Waals surface area contributed by atoms with Crippen LogP contribution in [0.15, 0.2) is 0 Å². The minimum atomic E-state index is 0.355. The molecule has 0 amide bonds. The Bertz CT molecular complexity index is 190. The largest absolute Gasteiger partial charge is 0.396 e. The topological polar surface area (TPSA) is 20.2 Å². The van der Waals surface area contributed by atoms with Crippen LogP contribution < -0.4 is 0 Å². The number of rotatable bonds is 3. The first-order chi connectivity index (χ1) is 6.83. The minimum absolute atomic E-state index is 0.355. The van der Waals surface area contributed by atoms with Gasteiger partial charge in [0.15, 0.2) is 0 Å². The van der Waals surface area contributed by atoms with E-state index >= 15 is 0 Å². The van der Waals surface area contributed by atoms with Gasteiger partial charge in [-0.2, -0.15) is 0 Å². The summed E-state index contributed by atoms with van der Waals surface area (Å²) in [6.45, 7) is 2.74. The molecule has 0 heterocycles. The highest BCUT2D eigenvalue weighted by Crippen LogP contribution is 2.56. The lowest BCUT2D eigenvalue weighted by Gasteiger charge is -2.42. The third kappa shape index (κ3) is 1.50. The van der Waals surface area contributed by atoms with E-state index < -0.39 is 0 Å². The van der Waals surface area contributed by atoms with Crippen molar-refractivity contribution in [1.29, 1.82) is 0 Å². The Morgan fingerprint density at radius 2 is 2.07 bits per heavy atom. The fraction of sp³-hybridized carbons (Fsp3) is 1.00. The molecule has 0 spiro atoms. The van der Waals surface area contributed by atoms with Gasteiger partial charge >= 0.3 is 0 Å². The third-order valence-corrected chi connectivity index (χ3v) is 4.87. The van der Waals surface area contributed by atoms with Gasteiger partial charge in [0.25, 0.3) is 0 Å². The Morgan fingerprint density at radius 3 is 2.79 bits per heavy atom. The Kier molecular flexibility index (Phi) is 3.16. The van der Waals surface area contributed by atoms with Gasteiger partial charge in [-0.3, -0.25) is 0 Å². The summed E-state index contributed by atoms with van der Waals surface area (Å²) in [5.41, 5.74) is 0.355. The van der Waals surface area contributed by atoms with Crippen LogP contribution in [0.2, 0.25) is 0 Å². The predicted molar refractivity (Wildman–Crippen MR) is 59.1 cm³/mol. The van der Waals surface area contributed by atoms with Gasteiger partial charge < -0.3 is 5.11 Å². The molecule has 2 aliphatic carbocycles. The van der Waals surface area contributed by atoms with E-state index in [-0.39, 0.29) is 0 Å². The highest BCUT2D eigenvalue weighted by atomic mass is 16.3. The number of aliphatic hydroxyl groups is 1. The van der Waals surface area contributed by atoms with Crippen LogP contribution in [0.25, 0.3) is 0 Å². The van der Waals surface area contributed by atoms with Crippen molar-refractivity contribution in [2.75, 3.05) is 6.61 Å². The molecule has 0 saturated heterocycles. The highest BCUT2D eigenvalue weighted by molar-refractivity contribution is 4.99. The zero-order chi connectivity index (χ0) is 10.0. The second-order valence-corrected chi connectivity index (χ2v) is 5.40. The Balaban J connectivity index is 2.12. The smallest absolute Gasteiger partial charge is 0.0492 e. The third-order valence-electron chi connectivity index (χ3n) is 4.87. The molecule has 0 radical (unpaired) electrons. The fourth-order valence-electron chi connectivity index (χ4n) is 4.11. The van der Waals surface area contributed by atoms with Crippen molar-refractivity contribution >= 4 is 0 Å². The zero-order valence-electron chi connectivity index (χ0n) is 9.47. The molecule has 1 nitrogen and oxygen atoms in total. The number of aliphatic hydroxyl groups excluding tert-OH is 1. The van der Waals surface area contributed by atoms with Crippen LogP contribution in [-0.2, 0) is 0 Å². The average molecular weight is 196 g/mol. The van der Waals surface area contributed by atoms with E-state index in [1.54, 1.807) is 0 Å². The number of hydrogen-bond acceptors (Lipinski definition) is 1. The molecule has 3 atom stereocenters. The van der Waals surface area contributed by atoms with E-state index in [9.17, 15) is 5.11 Å². The Hall–Kier alpha value is -0.0400. The maximum Gasteiger partial charge on any atom is 0.0492 e. The van der Waals surface area contributed by atoms with Gasteiger partial charge in [0.2, 0.25) is 0 Å². The Labute approximate surface area is 87.9 Å². The molecular formula is C13H24O. The molecule has 82 valence electrons. The second-order valence-electron chi connectivity index (χ2n) is 5.40. The van der Waals surface area contributed by atoms with Crippen LogP contribution in [0.1, 0.15) is 58.3 Å². The van der Waals surface area contributed by atoms with Gasteiger partial charge in [0, 0.05) is 6.61 Å². The summed E-state index contributed by atoms with van der Waals surface area (Å²) < 4.78 is 0. The molecule has 0 aliphatic heterocycles. The molecular weight excluding hydrogens is 172 g/mol. The van der Waals surface area contributed by atoms with Crippen molar-refractivity contribution in [1.82, 2.24) is 0 Å². The van der Waals surface area contributed by atoms with Gasteiger partial charge in [-0.1, -0.05) is 32.6 Å². The first-order valence-corrected chi connectivity index (χ1v) is 6.44. The van der Waals surface area contributed by atoms with E-state index in [1.165, 1.54) is 51.4 Å². The summed E-state index contributed by atoms with van der Waals surface area (Å²) in [4.78, 5) is 0. The lowest BCUT2D eigenvalue weighted by Crippen LogP contribution is -2.38. The summed E-state index contributed by atoms with van der Waals surface area (Å²) in [6, 6.07) is 0. The summed E-state index contributed by atoms with van der Waals surface area (Å²) in [6.07, 6.45) is 10.9. The van der Waals surface area contributed by atoms with Gasteiger partial charge in [-0.05, 0) is 42.9 Å². The second kappa shape index (κ2) is 4.22. The summed E-state index contributed by atoms with van der Waals surface area (Å²) in [5.74, 6) is 1.69. The molecule has 14 heavy (non-hydrogen) atoms. The normalized spacial score (nSPS) is 42.4. The van der Waals surface area contributed by atoms with Crippen LogP contribution in [0.4, 0.5) is 0 Å². The van der Waals surface area contributed by atoms with Crippen molar-refractivity contribution in [3.05, 3.63) is 0 Å². The van der Waals surface area contributed by atoms with Crippen molar-refractivity contribution in [3.8, 4) is 0 Å². The van der Waals surface area contributed by atoms with Crippen LogP contribution in [0.5, 0.6) is 0 Å². The maximum atomic E-state index is 9.75. The van der Waals surface area contributed by atoms with Crippen LogP contribution >= 0.6 is 0 Å². The van der Waals surface area contributed by atoms with Gasteiger partial charge in [-0.25, -0.2) is 0 Å². The molecule has 2 rings (SSSR count). The zero-order valence-corrected chi connectivity index (χ0v) is 9.47. The summed E-state index contributed by atoms with van der Waals surface area (Å²) >= 11 is 0. The maximum absolute atomic E-state index is 9.75. The first kappa shape index (κ1) is 10.5. The molecule has 0 aromatic rings. The molecule has 0 bridgehead atoms. The number of fused-ring (bicyclic) bond motifs is 1. The minimum Gasteiger partial charge on any atom is -0.396 e. The van der Waals surface area contributed by atoms with E-state index in [2.05, 4.69) is 6.92 Å². The highest BCUT2D eigenvalue weighted by Gasteiger charge is 2.49. The van der Waals surface area contributed by atoms with Crippen LogP contribution in [-0.4, -0.2) is 11.7 Å².